The second kappa shape index (κ2) is 10.5. The molecule has 0 radical (unpaired) electrons. The van der Waals surface area contributed by atoms with Crippen LogP contribution >= 0.6 is 0 Å². The standard InChI is InChI=1S/C26H36N4O2/c1-19-2-4-21(5-3-19)24(18-31)22-9-14-30(15-10-22)26(32)23-7-12-29(13-8-23)17-20-6-11-28-25(27)16-20/h2-6,11,16,22-24,31H,7-10,12-15,17-18H2,1H3,(H2,27,28). The zero-order valence-electron chi connectivity index (χ0n) is 19.1. The lowest BCUT2D eigenvalue weighted by atomic mass is 9.80. The number of aliphatic hydroxyl groups excluding tert-OH is 1. The van der Waals surface area contributed by atoms with Crippen LogP contribution in [0.3, 0.4) is 0 Å². The Morgan fingerprint density at radius 1 is 1.09 bits per heavy atom. The van der Waals surface area contributed by atoms with Gasteiger partial charge in [0.2, 0.25) is 5.91 Å². The Bertz CT molecular complexity index is 885. The fourth-order valence-electron chi connectivity index (χ4n) is 5.31. The van der Waals surface area contributed by atoms with Crippen molar-refractivity contribution < 1.29 is 9.90 Å². The maximum atomic E-state index is 13.1. The number of aromatic nitrogens is 1. The lowest BCUT2D eigenvalue weighted by molar-refractivity contribution is -0.138. The Labute approximate surface area is 191 Å². The number of amides is 1. The molecular formula is C26H36N4O2. The molecule has 1 atom stereocenters. The van der Waals surface area contributed by atoms with Crippen LogP contribution in [0.1, 0.15) is 48.3 Å². The van der Waals surface area contributed by atoms with E-state index in [0.29, 0.717) is 17.6 Å². The topological polar surface area (TPSA) is 82.7 Å². The van der Waals surface area contributed by atoms with E-state index in [9.17, 15) is 9.90 Å². The van der Waals surface area contributed by atoms with Crippen LogP contribution < -0.4 is 5.73 Å². The fraction of sp³-hybridized carbons (Fsp3) is 0.538. The van der Waals surface area contributed by atoms with Gasteiger partial charge in [-0.25, -0.2) is 4.98 Å². The summed E-state index contributed by atoms with van der Waals surface area (Å²) in [5, 5.41) is 10.0. The molecule has 0 saturated carbocycles. The molecule has 2 saturated heterocycles. The molecule has 2 aliphatic heterocycles. The van der Waals surface area contributed by atoms with Crippen molar-refractivity contribution in [2.24, 2.45) is 11.8 Å². The van der Waals surface area contributed by atoms with E-state index in [0.717, 1.165) is 58.4 Å². The number of nitrogens with two attached hydrogens (primary N) is 1. The van der Waals surface area contributed by atoms with Crippen LogP contribution in [0, 0.1) is 18.8 Å². The van der Waals surface area contributed by atoms with Gasteiger partial charge in [0.15, 0.2) is 0 Å². The van der Waals surface area contributed by atoms with Gasteiger partial charge in [0.05, 0.1) is 6.61 Å². The Morgan fingerprint density at radius 2 is 1.78 bits per heavy atom. The van der Waals surface area contributed by atoms with Crippen molar-refractivity contribution in [2.45, 2.75) is 45.1 Å². The Morgan fingerprint density at radius 3 is 2.41 bits per heavy atom. The third-order valence-electron chi connectivity index (χ3n) is 7.31. The number of pyridine rings is 1. The van der Waals surface area contributed by atoms with Crippen LogP contribution in [-0.2, 0) is 11.3 Å². The van der Waals surface area contributed by atoms with Gasteiger partial charge in [-0.2, -0.15) is 0 Å². The number of carbonyl (C=O) groups excluding carboxylic acids is 1. The Balaban J connectivity index is 1.25. The van der Waals surface area contributed by atoms with Crippen LogP contribution in [0.5, 0.6) is 0 Å². The van der Waals surface area contributed by atoms with E-state index in [1.165, 1.54) is 16.7 Å². The molecule has 3 heterocycles. The van der Waals surface area contributed by atoms with Gasteiger partial charge in [-0.1, -0.05) is 29.8 Å². The largest absolute Gasteiger partial charge is 0.396 e. The molecule has 2 fully saturated rings. The van der Waals surface area contributed by atoms with Crippen molar-refractivity contribution in [3.8, 4) is 0 Å². The van der Waals surface area contributed by atoms with Crippen LogP contribution in [-0.4, -0.2) is 58.6 Å². The highest BCUT2D eigenvalue weighted by atomic mass is 16.3. The molecule has 0 bridgehead atoms. The molecule has 3 N–H and O–H groups in total. The lowest BCUT2D eigenvalue weighted by Gasteiger charge is -2.39. The summed E-state index contributed by atoms with van der Waals surface area (Å²) in [6, 6.07) is 12.5. The van der Waals surface area contributed by atoms with Gasteiger partial charge in [0, 0.05) is 37.7 Å². The predicted molar refractivity (Wildman–Crippen MR) is 127 cm³/mol. The van der Waals surface area contributed by atoms with Crippen molar-refractivity contribution in [1.29, 1.82) is 0 Å². The van der Waals surface area contributed by atoms with Gasteiger partial charge in [-0.05, 0) is 74.9 Å². The van der Waals surface area contributed by atoms with E-state index in [4.69, 9.17) is 5.73 Å². The molecule has 172 valence electrons. The van der Waals surface area contributed by atoms with Gasteiger partial charge in [0.25, 0.3) is 0 Å². The van der Waals surface area contributed by atoms with E-state index >= 15 is 0 Å². The van der Waals surface area contributed by atoms with Crippen LogP contribution in [0.15, 0.2) is 42.6 Å². The molecule has 1 aromatic carbocycles. The molecule has 6 heteroatoms. The van der Waals surface area contributed by atoms with E-state index in [1.807, 2.05) is 12.1 Å². The lowest BCUT2D eigenvalue weighted by Crippen LogP contribution is -2.46. The highest BCUT2D eigenvalue weighted by Crippen LogP contribution is 2.33. The van der Waals surface area contributed by atoms with E-state index in [1.54, 1.807) is 6.20 Å². The Hall–Kier alpha value is -2.44. The first-order valence-corrected chi connectivity index (χ1v) is 11.9. The summed E-state index contributed by atoms with van der Waals surface area (Å²) < 4.78 is 0. The number of nitrogen functional groups attached to an aromatic ring is 1. The minimum absolute atomic E-state index is 0.135. The zero-order chi connectivity index (χ0) is 22.5. The van der Waals surface area contributed by atoms with Crippen molar-refractivity contribution in [1.82, 2.24) is 14.8 Å². The highest BCUT2D eigenvalue weighted by molar-refractivity contribution is 5.79. The summed E-state index contributed by atoms with van der Waals surface area (Å²) in [6.45, 7) is 6.61. The van der Waals surface area contributed by atoms with Gasteiger partial charge >= 0.3 is 0 Å². The number of carbonyl (C=O) groups is 1. The van der Waals surface area contributed by atoms with Crippen LogP contribution in [0.4, 0.5) is 5.82 Å². The fourth-order valence-corrected chi connectivity index (χ4v) is 5.31. The maximum Gasteiger partial charge on any atom is 0.225 e. The molecule has 1 amide bonds. The van der Waals surface area contributed by atoms with E-state index in [2.05, 4.69) is 46.0 Å². The van der Waals surface area contributed by atoms with Gasteiger partial charge in [0.1, 0.15) is 5.82 Å². The van der Waals surface area contributed by atoms with Crippen molar-refractivity contribution in [3.63, 3.8) is 0 Å². The first-order valence-electron chi connectivity index (χ1n) is 11.9. The number of hydrogen-bond acceptors (Lipinski definition) is 5. The SMILES string of the molecule is Cc1ccc(C(CO)C2CCN(C(=O)C3CCN(Cc4ccnc(N)c4)CC3)CC2)cc1. The quantitative estimate of drug-likeness (QED) is 0.727. The van der Waals surface area contributed by atoms with Gasteiger partial charge in [-0.3, -0.25) is 9.69 Å². The van der Waals surface area contributed by atoms with Gasteiger partial charge in [-0.15, -0.1) is 0 Å². The molecular weight excluding hydrogens is 400 g/mol. The first kappa shape index (κ1) is 22.7. The summed E-state index contributed by atoms with van der Waals surface area (Å²) in [6.07, 6.45) is 5.52. The average molecular weight is 437 g/mol. The number of rotatable bonds is 6. The third kappa shape index (κ3) is 5.48. The van der Waals surface area contributed by atoms with Gasteiger partial charge < -0.3 is 15.7 Å². The summed E-state index contributed by atoms with van der Waals surface area (Å²) in [5.41, 5.74) is 9.42. The molecule has 6 nitrogen and oxygen atoms in total. The molecule has 0 aliphatic carbocycles. The van der Waals surface area contributed by atoms with Crippen LogP contribution in [0.25, 0.3) is 0 Å². The number of benzene rings is 1. The summed E-state index contributed by atoms with van der Waals surface area (Å²) in [7, 11) is 0. The summed E-state index contributed by atoms with van der Waals surface area (Å²) >= 11 is 0. The van der Waals surface area contributed by atoms with Crippen molar-refractivity contribution >= 4 is 11.7 Å². The molecule has 32 heavy (non-hydrogen) atoms. The predicted octanol–water partition coefficient (Wildman–Crippen LogP) is 3.20. The first-order chi connectivity index (χ1) is 15.5. The Kier molecular flexibility index (Phi) is 7.43. The molecule has 2 aliphatic rings. The summed E-state index contributed by atoms with van der Waals surface area (Å²) in [4.78, 5) is 21.7. The monoisotopic (exact) mass is 436 g/mol. The number of nitrogens with zero attached hydrogens (tertiary/aromatic N) is 3. The molecule has 1 aromatic heterocycles. The van der Waals surface area contributed by atoms with E-state index < -0.39 is 0 Å². The number of anilines is 1. The molecule has 1 unspecified atom stereocenters. The smallest absolute Gasteiger partial charge is 0.225 e. The zero-order valence-corrected chi connectivity index (χ0v) is 19.1. The minimum Gasteiger partial charge on any atom is -0.396 e. The maximum absolute atomic E-state index is 13.1. The number of likely N-dealkylation sites (tertiary alicyclic amines) is 2. The second-order valence-corrected chi connectivity index (χ2v) is 9.50. The number of aryl methyl sites for hydroxylation is 1. The minimum atomic E-state index is 0.135. The number of piperidine rings is 2. The average Bonchev–Trinajstić information content (AvgIpc) is 2.81. The third-order valence-corrected chi connectivity index (χ3v) is 7.31. The van der Waals surface area contributed by atoms with Crippen molar-refractivity contribution in [3.05, 3.63) is 59.3 Å². The van der Waals surface area contributed by atoms with Crippen LogP contribution in [0.2, 0.25) is 0 Å². The van der Waals surface area contributed by atoms with Crippen molar-refractivity contribution in [2.75, 3.05) is 38.5 Å². The molecule has 2 aromatic rings. The number of hydrogen-bond donors (Lipinski definition) is 2. The molecule has 4 rings (SSSR count). The van der Waals surface area contributed by atoms with E-state index in [-0.39, 0.29) is 18.4 Å². The number of aliphatic hydroxyl groups is 1. The second-order valence-electron chi connectivity index (χ2n) is 9.50. The molecule has 0 spiro atoms. The highest BCUT2D eigenvalue weighted by Gasteiger charge is 2.33. The normalized spacial score (nSPS) is 19.8. The summed E-state index contributed by atoms with van der Waals surface area (Å²) in [5.74, 6) is 1.62.